The molecule has 0 radical (unpaired) electrons. The van der Waals surface area contributed by atoms with E-state index in [4.69, 9.17) is 0 Å². The number of amides is 1. The predicted octanol–water partition coefficient (Wildman–Crippen LogP) is 1.94. The average Bonchev–Trinajstić information content (AvgIpc) is 2.49. The molecule has 6 heteroatoms. The standard InChI is InChI=1S/C16H22F2N2O2/c1-11(21)19(2)13-5-7-20(8-6-13)10-16(22)14-9-12(17)3-4-15(14)18/h3-4,9,13,16,22H,5-8,10H2,1-2H3. The number of nitrogens with zero attached hydrogens (tertiary/aromatic N) is 2. The molecule has 1 fully saturated rings. The van der Waals surface area contributed by atoms with Gasteiger partial charge < -0.3 is 14.9 Å². The van der Waals surface area contributed by atoms with Crippen molar-refractivity contribution in [1.82, 2.24) is 9.80 Å². The maximum atomic E-state index is 13.6. The summed E-state index contributed by atoms with van der Waals surface area (Å²) in [5, 5.41) is 10.1. The number of aliphatic hydroxyl groups excluding tert-OH is 1. The largest absolute Gasteiger partial charge is 0.387 e. The summed E-state index contributed by atoms with van der Waals surface area (Å²) in [6, 6.07) is 3.31. The van der Waals surface area contributed by atoms with Crippen LogP contribution in [0.5, 0.6) is 0 Å². The molecule has 122 valence electrons. The van der Waals surface area contributed by atoms with Crippen molar-refractivity contribution in [3.05, 3.63) is 35.4 Å². The van der Waals surface area contributed by atoms with E-state index < -0.39 is 17.7 Å². The van der Waals surface area contributed by atoms with Crippen LogP contribution in [0.3, 0.4) is 0 Å². The molecule has 0 saturated carbocycles. The van der Waals surface area contributed by atoms with Gasteiger partial charge in [-0.1, -0.05) is 0 Å². The van der Waals surface area contributed by atoms with Gasteiger partial charge in [-0.05, 0) is 31.0 Å². The molecule has 4 nitrogen and oxygen atoms in total. The molecule has 1 N–H and O–H groups in total. The van der Waals surface area contributed by atoms with Gasteiger partial charge in [-0.25, -0.2) is 8.78 Å². The lowest BCUT2D eigenvalue weighted by molar-refractivity contribution is -0.130. The number of piperidine rings is 1. The Morgan fingerprint density at radius 2 is 2.05 bits per heavy atom. The number of halogens is 2. The van der Waals surface area contributed by atoms with Crippen LogP contribution in [0.25, 0.3) is 0 Å². The minimum atomic E-state index is -1.06. The molecule has 1 saturated heterocycles. The molecular formula is C16H22F2N2O2. The van der Waals surface area contributed by atoms with Crippen LogP contribution in [0.4, 0.5) is 8.78 Å². The third kappa shape index (κ3) is 4.01. The summed E-state index contributed by atoms with van der Waals surface area (Å²) in [5.41, 5.74) is -0.0111. The van der Waals surface area contributed by atoms with Crippen LogP contribution in [0.2, 0.25) is 0 Å². The van der Waals surface area contributed by atoms with Crippen LogP contribution in [0.1, 0.15) is 31.4 Å². The molecule has 0 bridgehead atoms. The number of likely N-dealkylation sites (tertiary alicyclic amines) is 1. The maximum absolute atomic E-state index is 13.6. The van der Waals surface area contributed by atoms with E-state index in [0.717, 1.165) is 44.1 Å². The van der Waals surface area contributed by atoms with Gasteiger partial charge in [0, 0.05) is 45.2 Å². The first-order valence-corrected chi connectivity index (χ1v) is 7.47. The van der Waals surface area contributed by atoms with Crippen LogP contribution in [0.15, 0.2) is 18.2 Å². The molecule has 1 aromatic carbocycles. The van der Waals surface area contributed by atoms with E-state index in [9.17, 15) is 18.7 Å². The SMILES string of the molecule is CC(=O)N(C)C1CCN(CC(O)c2cc(F)ccc2F)CC1. The normalized spacial score (nSPS) is 18.2. The van der Waals surface area contributed by atoms with Gasteiger partial charge in [0.25, 0.3) is 0 Å². The summed E-state index contributed by atoms with van der Waals surface area (Å²) in [5.74, 6) is -1.11. The van der Waals surface area contributed by atoms with Crippen molar-refractivity contribution in [3.63, 3.8) is 0 Å². The molecule has 0 spiro atoms. The molecule has 0 aromatic heterocycles. The van der Waals surface area contributed by atoms with E-state index >= 15 is 0 Å². The summed E-state index contributed by atoms with van der Waals surface area (Å²) < 4.78 is 26.8. The highest BCUT2D eigenvalue weighted by Gasteiger charge is 2.25. The van der Waals surface area contributed by atoms with E-state index in [2.05, 4.69) is 0 Å². The predicted molar refractivity (Wildman–Crippen MR) is 79.2 cm³/mol. The number of carbonyl (C=O) groups is 1. The lowest BCUT2D eigenvalue weighted by atomic mass is 10.0. The van der Waals surface area contributed by atoms with E-state index in [0.29, 0.717) is 0 Å². The van der Waals surface area contributed by atoms with Gasteiger partial charge in [0.15, 0.2) is 0 Å². The molecule has 22 heavy (non-hydrogen) atoms. The Balaban J connectivity index is 1.90. The summed E-state index contributed by atoms with van der Waals surface area (Å²) in [7, 11) is 1.79. The molecule has 1 aromatic rings. The molecule has 0 aliphatic carbocycles. The lowest BCUT2D eigenvalue weighted by Gasteiger charge is -2.37. The zero-order valence-electron chi connectivity index (χ0n) is 12.9. The van der Waals surface area contributed by atoms with Gasteiger partial charge in [-0.3, -0.25) is 4.79 Å². The first-order chi connectivity index (χ1) is 10.4. The van der Waals surface area contributed by atoms with Crippen molar-refractivity contribution in [2.45, 2.75) is 31.9 Å². The van der Waals surface area contributed by atoms with Gasteiger partial charge in [0.1, 0.15) is 11.6 Å². The molecule has 1 amide bonds. The average molecular weight is 312 g/mol. The van der Waals surface area contributed by atoms with Gasteiger partial charge in [0.2, 0.25) is 5.91 Å². The van der Waals surface area contributed by atoms with Crippen molar-refractivity contribution in [2.24, 2.45) is 0 Å². The smallest absolute Gasteiger partial charge is 0.219 e. The first-order valence-electron chi connectivity index (χ1n) is 7.47. The fraction of sp³-hybridized carbons (Fsp3) is 0.562. The van der Waals surface area contributed by atoms with Gasteiger partial charge in [-0.2, -0.15) is 0 Å². The van der Waals surface area contributed by atoms with E-state index in [1.165, 1.54) is 0 Å². The summed E-state index contributed by atoms with van der Waals surface area (Å²) in [6.45, 7) is 3.24. The highest BCUT2D eigenvalue weighted by Crippen LogP contribution is 2.22. The molecular weight excluding hydrogens is 290 g/mol. The van der Waals surface area contributed by atoms with Crippen LogP contribution < -0.4 is 0 Å². The zero-order chi connectivity index (χ0) is 16.3. The highest BCUT2D eigenvalue weighted by atomic mass is 19.1. The fourth-order valence-corrected chi connectivity index (χ4v) is 2.86. The number of rotatable bonds is 4. The molecule has 1 heterocycles. The highest BCUT2D eigenvalue weighted by molar-refractivity contribution is 5.73. The second kappa shape index (κ2) is 7.15. The Hall–Kier alpha value is -1.53. The summed E-state index contributed by atoms with van der Waals surface area (Å²) in [6.07, 6.45) is 0.570. The number of hydrogen-bond acceptors (Lipinski definition) is 3. The van der Waals surface area contributed by atoms with Crippen molar-refractivity contribution in [3.8, 4) is 0 Å². The topological polar surface area (TPSA) is 43.8 Å². The number of carbonyl (C=O) groups excluding carboxylic acids is 1. The van der Waals surface area contributed by atoms with Crippen LogP contribution in [-0.2, 0) is 4.79 Å². The van der Waals surface area contributed by atoms with Crippen LogP contribution in [0, 0.1) is 11.6 Å². The Bertz CT molecular complexity index is 531. The Morgan fingerprint density at radius 1 is 1.41 bits per heavy atom. The number of benzene rings is 1. The van der Waals surface area contributed by atoms with Gasteiger partial charge in [-0.15, -0.1) is 0 Å². The van der Waals surface area contributed by atoms with Gasteiger partial charge in [0.05, 0.1) is 6.10 Å². The number of β-amino-alcohol motifs (C(OH)–C–C–N with tert-alkyl or cyclic N) is 1. The minimum absolute atomic E-state index is 0.0111. The molecule has 1 unspecified atom stereocenters. The quantitative estimate of drug-likeness (QED) is 0.924. The van der Waals surface area contributed by atoms with E-state index in [1.54, 1.807) is 18.9 Å². The van der Waals surface area contributed by atoms with Crippen LogP contribution in [-0.4, -0.2) is 53.5 Å². The second-order valence-corrected chi connectivity index (χ2v) is 5.84. The number of aliphatic hydroxyl groups is 1. The Morgan fingerprint density at radius 3 is 2.64 bits per heavy atom. The Labute approximate surface area is 129 Å². The molecule has 1 aliphatic rings. The zero-order valence-corrected chi connectivity index (χ0v) is 12.9. The number of hydrogen-bond donors (Lipinski definition) is 1. The minimum Gasteiger partial charge on any atom is -0.387 e. The van der Waals surface area contributed by atoms with Crippen molar-refractivity contribution >= 4 is 5.91 Å². The molecule has 1 atom stereocenters. The molecule has 1 aliphatic heterocycles. The fourth-order valence-electron chi connectivity index (χ4n) is 2.86. The summed E-state index contributed by atoms with van der Waals surface area (Å²) >= 11 is 0. The lowest BCUT2D eigenvalue weighted by Crippen LogP contribution is -2.45. The second-order valence-electron chi connectivity index (χ2n) is 5.84. The summed E-state index contributed by atoms with van der Waals surface area (Å²) in [4.78, 5) is 15.1. The van der Waals surface area contributed by atoms with Crippen molar-refractivity contribution < 1.29 is 18.7 Å². The maximum Gasteiger partial charge on any atom is 0.219 e. The van der Waals surface area contributed by atoms with E-state index in [-0.39, 0.29) is 24.1 Å². The monoisotopic (exact) mass is 312 g/mol. The van der Waals surface area contributed by atoms with Crippen molar-refractivity contribution in [2.75, 3.05) is 26.7 Å². The van der Waals surface area contributed by atoms with Crippen molar-refractivity contribution in [1.29, 1.82) is 0 Å². The van der Waals surface area contributed by atoms with E-state index in [1.807, 2.05) is 4.90 Å². The third-order valence-corrected chi connectivity index (χ3v) is 4.35. The van der Waals surface area contributed by atoms with Crippen LogP contribution >= 0.6 is 0 Å². The van der Waals surface area contributed by atoms with Gasteiger partial charge >= 0.3 is 0 Å². The molecule has 2 rings (SSSR count). The third-order valence-electron chi connectivity index (χ3n) is 4.35. The Kier molecular flexibility index (Phi) is 5.47. The first kappa shape index (κ1) is 16.8.